The minimum atomic E-state index is -1.34. The van der Waals surface area contributed by atoms with Crippen LogP contribution in [0.4, 0.5) is 0 Å². The van der Waals surface area contributed by atoms with Gasteiger partial charge in [-0.15, -0.1) is 0 Å². The van der Waals surface area contributed by atoms with Crippen molar-refractivity contribution >= 4 is 26.1 Å². The minimum absolute atomic E-state index is 0.259. The zero-order chi connectivity index (χ0) is 9.90. The largest absolute Gasteiger partial charge is 0.457 e. The fourth-order valence-electron chi connectivity index (χ4n) is 0.652. The van der Waals surface area contributed by atoms with Gasteiger partial charge in [0.05, 0.1) is 6.26 Å². The SMILES string of the molecule is CSS(C)(C)OC(=O)c1ccco1. The molecular formula is C8H12O3S2. The van der Waals surface area contributed by atoms with Gasteiger partial charge in [0.25, 0.3) is 0 Å². The van der Waals surface area contributed by atoms with Crippen LogP contribution in [0, 0.1) is 0 Å². The van der Waals surface area contributed by atoms with Crippen LogP contribution in [-0.4, -0.2) is 24.7 Å². The molecule has 0 N–H and O–H groups in total. The third-order valence-corrected chi connectivity index (χ3v) is 5.37. The number of furan rings is 1. The van der Waals surface area contributed by atoms with E-state index in [0.29, 0.717) is 0 Å². The van der Waals surface area contributed by atoms with Crippen molar-refractivity contribution in [3.63, 3.8) is 0 Å². The molecule has 74 valence electrons. The van der Waals surface area contributed by atoms with E-state index in [0.717, 1.165) is 0 Å². The summed E-state index contributed by atoms with van der Waals surface area (Å²) in [6.07, 6.45) is 7.21. The molecule has 1 heterocycles. The molecule has 0 fully saturated rings. The van der Waals surface area contributed by atoms with Gasteiger partial charge in [0.1, 0.15) is 0 Å². The summed E-state index contributed by atoms with van der Waals surface area (Å²) in [5.74, 6) is -0.131. The maximum Gasteiger partial charge on any atom is 0.385 e. The molecule has 13 heavy (non-hydrogen) atoms. The Morgan fingerprint density at radius 1 is 1.62 bits per heavy atom. The Labute approximate surface area is 82.8 Å². The average molecular weight is 220 g/mol. The molecule has 0 unspecified atom stereocenters. The summed E-state index contributed by atoms with van der Waals surface area (Å²) in [6.45, 7) is 0. The Bertz CT molecular complexity index is 280. The van der Waals surface area contributed by atoms with E-state index in [9.17, 15) is 4.79 Å². The zero-order valence-corrected chi connectivity index (χ0v) is 9.41. The molecule has 0 bridgehead atoms. The first kappa shape index (κ1) is 10.5. The molecule has 0 saturated heterocycles. The molecule has 0 aromatic carbocycles. The fraction of sp³-hybridized carbons (Fsp3) is 0.375. The van der Waals surface area contributed by atoms with Gasteiger partial charge < -0.3 is 8.60 Å². The number of rotatable bonds is 3. The van der Waals surface area contributed by atoms with Crippen LogP contribution in [0.2, 0.25) is 0 Å². The van der Waals surface area contributed by atoms with Crippen LogP contribution < -0.4 is 0 Å². The highest BCUT2D eigenvalue weighted by atomic mass is 33.2. The number of hydrogen-bond donors (Lipinski definition) is 0. The third kappa shape index (κ3) is 3.00. The molecule has 0 amide bonds. The molecule has 3 nitrogen and oxygen atoms in total. The monoisotopic (exact) mass is 220 g/mol. The lowest BCUT2D eigenvalue weighted by molar-refractivity contribution is 0.0731. The van der Waals surface area contributed by atoms with E-state index >= 15 is 0 Å². The second-order valence-corrected chi connectivity index (χ2v) is 8.85. The summed E-state index contributed by atoms with van der Waals surface area (Å²) in [5.41, 5.74) is 0. The van der Waals surface area contributed by atoms with Gasteiger partial charge in [-0.25, -0.2) is 4.79 Å². The van der Waals surface area contributed by atoms with E-state index in [1.165, 1.54) is 6.26 Å². The van der Waals surface area contributed by atoms with Gasteiger partial charge in [-0.2, -0.15) is 0 Å². The highest BCUT2D eigenvalue weighted by Gasteiger charge is 2.19. The van der Waals surface area contributed by atoms with E-state index < -0.39 is 9.34 Å². The standard InChI is InChI=1S/C8H12O3S2/c1-12-13(2,3)11-8(9)7-5-4-6-10-7/h4-6H,1-3H3. The summed E-state index contributed by atoms with van der Waals surface area (Å²) in [6, 6.07) is 3.26. The van der Waals surface area contributed by atoms with E-state index in [1.54, 1.807) is 22.9 Å². The smallest absolute Gasteiger partial charge is 0.385 e. The first-order valence-electron chi connectivity index (χ1n) is 3.61. The Kier molecular flexibility index (Phi) is 3.33. The summed E-state index contributed by atoms with van der Waals surface area (Å²) in [7, 11) is 0.214. The first-order valence-corrected chi connectivity index (χ1v) is 7.73. The van der Waals surface area contributed by atoms with Crippen molar-refractivity contribution < 1.29 is 13.4 Å². The number of hydrogen-bond acceptors (Lipinski definition) is 4. The lowest BCUT2D eigenvalue weighted by atomic mass is 10.5. The predicted molar refractivity (Wildman–Crippen MR) is 57.1 cm³/mol. The molecule has 0 saturated carbocycles. The maximum atomic E-state index is 11.4. The van der Waals surface area contributed by atoms with Crippen LogP contribution in [0.15, 0.2) is 22.8 Å². The lowest BCUT2D eigenvalue weighted by Gasteiger charge is -2.26. The molecule has 0 radical (unpaired) electrons. The molecule has 1 aromatic rings. The molecule has 1 rings (SSSR count). The number of carbonyl (C=O) groups excluding carboxylic acids is 1. The molecule has 0 spiro atoms. The zero-order valence-electron chi connectivity index (χ0n) is 7.77. The van der Waals surface area contributed by atoms with Gasteiger partial charge in [0.2, 0.25) is 5.76 Å². The Morgan fingerprint density at radius 3 is 2.77 bits per heavy atom. The van der Waals surface area contributed by atoms with Gasteiger partial charge in [0.15, 0.2) is 0 Å². The Morgan fingerprint density at radius 2 is 2.31 bits per heavy atom. The topological polar surface area (TPSA) is 39.4 Å². The summed E-state index contributed by atoms with van der Waals surface area (Å²) in [4.78, 5) is 11.4. The second-order valence-electron chi connectivity index (χ2n) is 2.66. The van der Waals surface area contributed by atoms with Gasteiger partial charge in [-0.05, 0) is 27.7 Å². The number of carbonyl (C=O) groups is 1. The Hall–Kier alpha value is -0.550. The quantitative estimate of drug-likeness (QED) is 0.734. The van der Waals surface area contributed by atoms with Gasteiger partial charge >= 0.3 is 5.97 Å². The summed E-state index contributed by atoms with van der Waals surface area (Å²) >= 11 is 0. The first-order chi connectivity index (χ1) is 6.05. The van der Waals surface area contributed by atoms with Crippen molar-refractivity contribution in [3.05, 3.63) is 24.2 Å². The average Bonchev–Trinajstić information content (AvgIpc) is 2.55. The minimum Gasteiger partial charge on any atom is -0.457 e. The predicted octanol–water partition coefficient (Wildman–Crippen LogP) is 2.69. The van der Waals surface area contributed by atoms with Crippen molar-refractivity contribution in [2.24, 2.45) is 0 Å². The summed E-state index contributed by atoms with van der Waals surface area (Å²) < 4.78 is 10.2. The highest BCUT2D eigenvalue weighted by molar-refractivity contribution is 8.91. The van der Waals surface area contributed by atoms with Crippen molar-refractivity contribution in [1.29, 1.82) is 0 Å². The van der Waals surface area contributed by atoms with Crippen molar-refractivity contribution in [3.8, 4) is 0 Å². The van der Waals surface area contributed by atoms with Gasteiger partial charge in [-0.3, -0.25) is 0 Å². The summed E-state index contributed by atoms with van der Waals surface area (Å²) in [5, 5.41) is 0. The molecule has 0 aliphatic heterocycles. The highest BCUT2D eigenvalue weighted by Crippen LogP contribution is 2.53. The van der Waals surface area contributed by atoms with Crippen LogP contribution in [-0.2, 0) is 4.18 Å². The molecule has 5 heteroatoms. The molecule has 0 atom stereocenters. The normalized spacial score (nSPS) is 12.5. The van der Waals surface area contributed by atoms with Crippen molar-refractivity contribution in [2.45, 2.75) is 0 Å². The van der Waals surface area contributed by atoms with Crippen molar-refractivity contribution in [1.82, 2.24) is 0 Å². The van der Waals surface area contributed by atoms with Gasteiger partial charge in [-0.1, -0.05) is 10.8 Å². The molecule has 1 aromatic heterocycles. The van der Waals surface area contributed by atoms with Crippen LogP contribution >= 0.6 is 20.1 Å². The second kappa shape index (κ2) is 4.11. The molecule has 0 aliphatic carbocycles. The fourth-order valence-corrected chi connectivity index (χ4v) is 1.56. The van der Waals surface area contributed by atoms with E-state index in [1.807, 2.05) is 18.8 Å². The van der Waals surface area contributed by atoms with Gasteiger partial charge in [0, 0.05) is 12.5 Å². The Balaban J connectivity index is 2.61. The van der Waals surface area contributed by atoms with Crippen molar-refractivity contribution in [2.75, 3.05) is 18.8 Å². The van der Waals surface area contributed by atoms with Crippen LogP contribution in [0.1, 0.15) is 10.6 Å². The van der Waals surface area contributed by atoms with E-state index in [2.05, 4.69) is 0 Å². The molecule has 0 aliphatic rings. The maximum absolute atomic E-state index is 11.4. The van der Waals surface area contributed by atoms with E-state index in [-0.39, 0.29) is 11.7 Å². The van der Waals surface area contributed by atoms with Crippen LogP contribution in [0.3, 0.4) is 0 Å². The van der Waals surface area contributed by atoms with Crippen LogP contribution in [0.25, 0.3) is 0 Å². The lowest BCUT2D eigenvalue weighted by Crippen LogP contribution is -2.05. The molecular weight excluding hydrogens is 208 g/mol. The van der Waals surface area contributed by atoms with Crippen LogP contribution in [0.5, 0.6) is 0 Å². The van der Waals surface area contributed by atoms with E-state index in [4.69, 9.17) is 8.60 Å². The third-order valence-electron chi connectivity index (χ3n) is 1.40.